The Labute approximate surface area is 121 Å². The molecular formula is C12H18N4O3S. The maximum Gasteiger partial charge on any atom is 0.323 e. The summed E-state index contributed by atoms with van der Waals surface area (Å²) in [5, 5.41) is 21.0. The van der Waals surface area contributed by atoms with Crippen molar-refractivity contribution in [2.75, 3.05) is 18.4 Å². The average Bonchev–Trinajstić information content (AvgIpc) is 2.83. The quantitative estimate of drug-likeness (QED) is 0.889. The molecule has 1 aromatic rings. The molecule has 7 nitrogen and oxygen atoms in total. The molecule has 1 aliphatic heterocycles. The van der Waals surface area contributed by atoms with Crippen LogP contribution in [0.25, 0.3) is 0 Å². The van der Waals surface area contributed by atoms with Gasteiger partial charge in [-0.05, 0) is 26.2 Å². The SMILES string of the molecule is CCC1(C(=O)O)CCCN(C(=O)Nc2nnc(C)s2)C1. The molecule has 2 rings (SSSR count). The molecule has 110 valence electrons. The van der Waals surface area contributed by atoms with Gasteiger partial charge in [0.25, 0.3) is 0 Å². The summed E-state index contributed by atoms with van der Waals surface area (Å²) in [5.41, 5.74) is -0.827. The number of carbonyl (C=O) groups excluding carboxylic acids is 1. The Balaban J connectivity index is 2.05. The van der Waals surface area contributed by atoms with Gasteiger partial charge in [0, 0.05) is 13.1 Å². The third-order valence-electron chi connectivity index (χ3n) is 3.73. The van der Waals surface area contributed by atoms with Gasteiger partial charge in [0.2, 0.25) is 5.13 Å². The average molecular weight is 298 g/mol. The minimum absolute atomic E-state index is 0.239. The van der Waals surface area contributed by atoms with Crippen LogP contribution in [0.15, 0.2) is 0 Å². The van der Waals surface area contributed by atoms with Crippen LogP contribution in [0.3, 0.4) is 0 Å². The van der Waals surface area contributed by atoms with Gasteiger partial charge in [-0.25, -0.2) is 4.79 Å². The molecule has 0 spiro atoms. The van der Waals surface area contributed by atoms with E-state index in [-0.39, 0.29) is 12.6 Å². The molecule has 1 unspecified atom stereocenters. The summed E-state index contributed by atoms with van der Waals surface area (Å²) >= 11 is 1.29. The largest absolute Gasteiger partial charge is 0.481 e. The molecule has 0 aromatic carbocycles. The molecular weight excluding hydrogens is 280 g/mol. The number of aliphatic carboxylic acids is 1. The third kappa shape index (κ3) is 2.90. The number of piperidine rings is 1. The number of hydrogen-bond acceptors (Lipinski definition) is 5. The molecule has 1 fully saturated rings. The highest BCUT2D eigenvalue weighted by molar-refractivity contribution is 7.15. The van der Waals surface area contributed by atoms with E-state index in [9.17, 15) is 14.7 Å². The Morgan fingerprint density at radius 2 is 2.25 bits per heavy atom. The van der Waals surface area contributed by atoms with Crippen molar-refractivity contribution in [3.05, 3.63) is 5.01 Å². The molecule has 2 heterocycles. The molecule has 1 aromatic heterocycles. The van der Waals surface area contributed by atoms with E-state index < -0.39 is 11.4 Å². The highest BCUT2D eigenvalue weighted by atomic mass is 32.1. The molecule has 0 aliphatic carbocycles. The van der Waals surface area contributed by atoms with Gasteiger partial charge in [0.05, 0.1) is 5.41 Å². The Kier molecular flexibility index (Phi) is 4.22. The number of carbonyl (C=O) groups is 2. The van der Waals surface area contributed by atoms with Gasteiger partial charge < -0.3 is 10.0 Å². The third-order valence-corrected chi connectivity index (χ3v) is 4.49. The summed E-state index contributed by atoms with van der Waals surface area (Å²) in [5.74, 6) is -0.829. The predicted molar refractivity (Wildman–Crippen MR) is 74.8 cm³/mol. The number of carboxylic acids is 1. The Morgan fingerprint density at radius 3 is 2.80 bits per heavy atom. The molecule has 2 N–H and O–H groups in total. The van der Waals surface area contributed by atoms with E-state index in [4.69, 9.17) is 0 Å². The van der Waals surface area contributed by atoms with Crippen molar-refractivity contribution in [1.29, 1.82) is 0 Å². The fourth-order valence-corrected chi connectivity index (χ4v) is 3.02. The van der Waals surface area contributed by atoms with Crippen LogP contribution in [0.1, 0.15) is 31.2 Å². The number of nitrogens with one attached hydrogen (secondary N) is 1. The van der Waals surface area contributed by atoms with Crippen LogP contribution in [0.5, 0.6) is 0 Å². The minimum Gasteiger partial charge on any atom is -0.481 e. The lowest BCUT2D eigenvalue weighted by Gasteiger charge is -2.39. The second-order valence-electron chi connectivity index (χ2n) is 5.02. The molecule has 0 radical (unpaired) electrons. The van der Waals surface area contributed by atoms with Gasteiger partial charge in [-0.1, -0.05) is 18.3 Å². The fraction of sp³-hybridized carbons (Fsp3) is 0.667. The van der Waals surface area contributed by atoms with Crippen molar-refractivity contribution < 1.29 is 14.7 Å². The number of rotatable bonds is 3. The summed E-state index contributed by atoms with van der Waals surface area (Å²) in [6.07, 6.45) is 1.83. The van der Waals surface area contributed by atoms with Crippen LogP contribution in [0.4, 0.5) is 9.93 Å². The van der Waals surface area contributed by atoms with Crippen molar-refractivity contribution in [1.82, 2.24) is 15.1 Å². The number of aromatic nitrogens is 2. The minimum atomic E-state index is -0.829. The summed E-state index contributed by atoms with van der Waals surface area (Å²) in [4.78, 5) is 25.2. The predicted octanol–water partition coefficient (Wildman–Crippen LogP) is 1.96. The summed E-state index contributed by atoms with van der Waals surface area (Å²) < 4.78 is 0. The summed E-state index contributed by atoms with van der Waals surface area (Å²) in [6, 6.07) is -0.306. The first kappa shape index (κ1) is 14.7. The first-order chi connectivity index (χ1) is 9.47. The van der Waals surface area contributed by atoms with E-state index in [1.165, 1.54) is 11.3 Å². The topological polar surface area (TPSA) is 95.4 Å². The van der Waals surface area contributed by atoms with E-state index in [0.29, 0.717) is 30.9 Å². The number of urea groups is 1. The van der Waals surface area contributed by atoms with Crippen LogP contribution in [0, 0.1) is 12.3 Å². The number of aryl methyl sites for hydroxylation is 1. The van der Waals surface area contributed by atoms with E-state index in [1.54, 1.807) is 11.8 Å². The van der Waals surface area contributed by atoms with Gasteiger partial charge in [-0.3, -0.25) is 10.1 Å². The van der Waals surface area contributed by atoms with Crippen molar-refractivity contribution in [3.8, 4) is 0 Å². The highest BCUT2D eigenvalue weighted by Gasteiger charge is 2.42. The number of hydrogen-bond donors (Lipinski definition) is 2. The summed E-state index contributed by atoms with van der Waals surface area (Å²) in [7, 11) is 0. The highest BCUT2D eigenvalue weighted by Crippen LogP contribution is 2.34. The lowest BCUT2D eigenvalue weighted by Crippen LogP contribution is -2.50. The number of amides is 2. The lowest BCUT2D eigenvalue weighted by atomic mass is 9.78. The number of carboxylic acid groups (broad SMARTS) is 1. The maximum absolute atomic E-state index is 12.2. The van der Waals surface area contributed by atoms with Crippen LogP contribution in [-0.2, 0) is 4.79 Å². The van der Waals surface area contributed by atoms with E-state index in [2.05, 4.69) is 15.5 Å². The fourth-order valence-electron chi connectivity index (χ4n) is 2.44. The smallest absolute Gasteiger partial charge is 0.323 e. The van der Waals surface area contributed by atoms with Crippen molar-refractivity contribution in [3.63, 3.8) is 0 Å². The molecule has 8 heteroatoms. The van der Waals surface area contributed by atoms with Crippen molar-refractivity contribution >= 4 is 28.5 Å². The van der Waals surface area contributed by atoms with Crippen molar-refractivity contribution in [2.24, 2.45) is 5.41 Å². The van der Waals surface area contributed by atoms with Gasteiger partial charge in [0.15, 0.2) is 0 Å². The molecule has 0 saturated carbocycles. The Hall–Kier alpha value is -1.70. The zero-order valence-electron chi connectivity index (χ0n) is 11.5. The molecule has 20 heavy (non-hydrogen) atoms. The second-order valence-corrected chi connectivity index (χ2v) is 6.20. The van der Waals surface area contributed by atoms with Gasteiger partial charge >= 0.3 is 12.0 Å². The van der Waals surface area contributed by atoms with Crippen LogP contribution in [0.2, 0.25) is 0 Å². The van der Waals surface area contributed by atoms with Crippen LogP contribution in [-0.4, -0.2) is 45.3 Å². The second kappa shape index (κ2) is 5.74. The maximum atomic E-state index is 12.2. The van der Waals surface area contributed by atoms with E-state index in [1.807, 2.05) is 6.92 Å². The molecule has 1 saturated heterocycles. The number of likely N-dealkylation sites (tertiary alicyclic amines) is 1. The normalized spacial score (nSPS) is 22.6. The summed E-state index contributed by atoms with van der Waals surface area (Å²) in [6.45, 7) is 4.46. The monoisotopic (exact) mass is 298 g/mol. The first-order valence-corrected chi connectivity index (χ1v) is 7.38. The van der Waals surface area contributed by atoms with Crippen LogP contribution < -0.4 is 5.32 Å². The zero-order chi connectivity index (χ0) is 14.8. The number of anilines is 1. The molecule has 0 bridgehead atoms. The van der Waals surface area contributed by atoms with Gasteiger partial charge in [-0.15, -0.1) is 10.2 Å². The standard InChI is InChI=1S/C12H18N4O3S/c1-3-12(9(17)18)5-4-6-16(7-12)11(19)13-10-15-14-8(2)20-10/h3-7H2,1-2H3,(H,17,18)(H,13,15,19). The zero-order valence-corrected chi connectivity index (χ0v) is 12.4. The number of nitrogens with zero attached hydrogens (tertiary/aromatic N) is 3. The Bertz CT molecular complexity index is 519. The molecule has 2 amide bonds. The Morgan fingerprint density at radius 1 is 1.50 bits per heavy atom. The van der Waals surface area contributed by atoms with Crippen LogP contribution >= 0.6 is 11.3 Å². The lowest BCUT2D eigenvalue weighted by molar-refractivity contribution is -0.152. The van der Waals surface area contributed by atoms with Crippen molar-refractivity contribution in [2.45, 2.75) is 33.1 Å². The first-order valence-electron chi connectivity index (χ1n) is 6.56. The van der Waals surface area contributed by atoms with E-state index in [0.717, 1.165) is 5.01 Å². The van der Waals surface area contributed by atoms with E-state index >= 15 is 0 Å². The van der Waals surface area contributed by atoms with Gasteiger partial charge in [0.1, 0.15) is 5.01 Å². The van der Waals surface area contributed by atoms with Gasteiger partial charge in [-0.2, -0.15) is 0 Å². The molecule has 1 atom stereocenters. The molecule has 1 aliphatic rings.